The van der Waals surface area contributed by atoms with Crippen molar-refractivity contribution in [1.82, 2.24) is 4.98 Å². The monoisotopic (exact) mass is 406 g/mol. The number of alkyl halides is 1. The number of nitro benzene ring substituents is 1. The first-order valence-electron chi connectivity index (χ1n) is 9.07. The minimum absolute atomic E-state index is 0.00263. The summed E-state index contributed by atoms with van der Waals surface area (Å²) in [5.74, 6) is 0.0307. The molecule has 0 aliphatic rings. The van der Waals surface area contributed by atoms with E-state index < -0.39 is 4.92 Å². The minimum Gasteiger partial charge on any atom is -0.258 e. The highest BCUT2D eigenvalue weighted by Gasteiger charge is 2.19. The lowest BCUT2D eigenvalue weighted by Crippen LogP contribution is -2.01. The topological polar surface area (TPSA) is 56.0 Å². The van der Waals surface area contributed by atoms with Crippen LogP contribution in [-0.2, 0) is 6.42 Å². The van der Waals surface area contributed by atoms with Crippen LogP contribution in [0.3, 0.4) is 0 Å². The van der Waals surface area contributed by atoms with E-state index in [0.717, 1.165) is 22.3 Å². The van der Waals surface area contributed by atoms with Gasteiger partial charge in [0, 0.05) is 29.0 Å². The normalized spacial score (nSPS) is 11.0. The molecule has 0 N–H and O–H groups in total. The zero-order valence-corrected chi connectivity index (χ0v) is 16.1. The number of nitrogens with zero attached hydrogens (tertiary/aromatic N) is 2. The largest absolute Gasteiger partial charge is 0.270 e. The Balaban J connectivity index is 2.11. The van der Waals surface area contributed by atoms with Crippen LogP contribution in [0.2, 0.25) is 0 Å². The molecule has 1 heterocycles. The Labute approximate surface area is 171 Å². The molecule has 4 nitrogen and oxygen atoms in total. The SMILES string of the molecule is O=[N+]([O-])c1ccc2nc(-c3ccc(F)cc3)c(CCCl)c(-c3ccccc3)c2c1. The lowest BCUT2D eigenvalue weighted by Gasteiger charge is -2.17. The molecule has 0 unspecified atom stereocenters. The van der Waals surface area contributed by atoms with Gasteiger partial charge in [-0.2, -0.15) is 0 Å². The first-order valence-corrected chi connectivity index (χ1v) is 9.60. The Morgan fingerprint density at radius 2 is 1.69 bits per heavy atom. The number of pyridine rings is 1. The average molecular weight is 407 g/mol. The van der Waals surface area contributed by atoms with Crippen LogP contribution in [0.1, 0.15) is 5.56 Å². The standard InChI is InChI=1S/C23H16ClFN2O2/c24-13-12-19-22(15-4-2-1-3-5-15)20-14-18(27(28)29)10-11-21(20)26-23(19)16-6-8-17(25)9-7-16/h1-11,14H,12-13H2. The van der Waals surface area contributed by atoms with Gasteiger partial charge in [-0.05, 0) is 53.4 Å². The summed E-state index contributed by atoms with van der Waals surface area (Å²) in [7, 11) is 0. The second kappa shape index (κ2) is 7.97. The Kier molecular flexibility index (Phi) is 5.23. The van der Waals surface area contributed by atoms with Crippen molar-refractivity contribution in [1.29, 1.82) is 0 Å². The lowest BCUT2D eigenvalue weighted by molar-refractivity contribution is -0.384. The maximum Gasteiger partial charge on any atom is 0.270 e. The molecule has 29 heavy (non-hydrogen) atoms. The molecule has 0 spiro atoms. The summed E-state index contributed by atoms with van der Waals surface area (Å²) < 4.78 is 13.5. The van der Waals surface area contributed by atoms with Crippen molar-refractivity contribution in [3.8, 4) is 22.4 Å². The number of non-ortho nitro benzene ring substituents is 1. The molecule has 0 aliphatic carbocycles. The van der Waals surface area contributed by atoms with Crippen molar-refractivity contribution in [3.05, 3.63) is 94.3 Å². The van der Waals surface area contributed by atoms with Crippen molar-refractivity contribution in [3.63, 3.8) is 0 Å². The summed E-state index contributed by atoms with van der Waals surface area (Å²) in [5.41, 5.74) is 4.76. The zero-order valence-electron chi connectivity index (χ0n) is 15.3. The predicted molar refractivity (Wildman–Crippen MR) is 114 cm³/mol. The molecular weight excluding hydrogens is 391 g/mol. The molecule has 0 atom stereocenters. The maximum absolute atomic E-state index is 13.5. The first-order chi connectivity index (χ1) is 14.1. The van der Waals surface area contributed by atoms with Crippen molar-refractivity contribution < 1.29 is 9.31 Å². The third-order valence-electron chi connectivity index (χ3n) is 4.80. The summed E-state index contributed by atoms with van der Waals surface area (Å²) in [6.45, 7) is 0. The second-order valence-electron chi connectivity index (χ2n) is 6.58. The van der Waals surface area contributed by atoms with E-state index in [4.69, 9.17) is 16.6 Å². The van der Waals surface area contributed by atoms with E-state index in [1.807, 2.05) is 30.3 Å². The van der Waals surface area contributed by atoms with Gasteiger partial charge in [0.25, 0.3) is 5.69 Å². The smallest absolute Gasteiger partial charge is 0.258 e. The molecule has 0 fully saturated rings. The predicted octanol–water partition coefficient (Wildman–Crippen LogP) is 6.40. The molecule has 6 heteroatoms. The Bertz CT molecular complexity index is 1200. The second-order valence-corrected chi connectivity index (χ2v) is 6.96. The molecule has 0 aliphatic heterocycles. The molecule has 1 aromatic heterocycles. The zero-order chi connectivity index (χ0) is 20.4. The number of halogens is 2. The molecule has 4 aromatic rings. The van der Waals surface area contributed by atoms with Gasteiger partial charge in [-0.1, -0.05) is 30.3 Å². The number of fused-ring (bicyclic) bond motifs is 1. The highest BCUT2D eigenvalue weighted by Crippen LogP contribution is 2.38. The Hall–Kier alpha value is -3.31. The summed E-state index contributed by atoms with van der Waals surface area (Å²) >= 11 is 6.12. The number of hydrogen-bond donors (Lipinski definition) is 0. The Morgan fingerprint density at radius 1 is 0.966 bits per heavy atom. The van der Waals surface area contributed by atoms with E-state index in [2.05, 4.69) is 0 Å². The van der Waals surface area contributed by atoms with Gasteiger partial charge in [0.1, 0.15) is 5.82 Å². The minimum atomic E-state index is -0.413. The maximum atomic E-state index is 13.5. The quantitative estimate of drug-likeness (QED) is 0.219. The number of nitro groups is 1. The van der Waals surface area contributed by atoms with E-state index in [0.29, 0.717) is 28.9 Å². The van der Waals surface area contributed by atoms with Crippen molar-refractivity contribution in [2.45, 2.75) is 6.42 Å². The molecule has 3 aromatic carbocycles. The molecule has 0 amide bonds. The highest BCUT2D eigenvalue weighted by molar-refractivity contribution is 6.18. The lowest BCUT2D eigenvalue weighted by atomic mass is 9.90. The van der Waals surface area contributed by atoms with E-state index >= 15 is 0 Å². The van der Waals surface area contributed by atoms with Crippen LogP contribution in [-0.4, -0.2) is 15.8 Å². The van der Waals surface area contributed by atoms with E-state index in [-0.39, 0.29) is 11.5 Å². The van der Waals surface area contributed by atoms with Crippen molar-refractivity contribution >= 4 is 28.2 Å². The first kappa shape index (κ1) is 19.0. The fourth-order valence-electron chi connectivity index (χ4n) is 3.52. The van der Waals surface area contributed by atoms with Crippen LogP contribution in [0.4, 0.5) is 10.1 Å². The van der Waals surface area contributed by atoms with Crippen LogP contribution in [0.25, 0.3) is 33.3 Å². The molecule has 4 rings (SSSR count). The number of aromatic nitrogens is 1. The van der Waals surface area contributed by atoms with Crippen molar-refractivity contribution in [2.75, 3.05) is 5.88 Å². The van der Waals surface area contributed by atoms with Gasteiger partial charge in [-0.15, -0.1) is 11.6 Å². The Morgan fingerprint density at radius 3 is 2.34 bits per heavy atom. The van der Waals surface area contributed by atoms with Crippen molar-refractivity contribution in [2.24, 2.45) is 0 Å². The average Bonchev–Trinajstić information content (AvgIpc) is 2.74. The van der Waals surface area contributed by atoms with Gasteiger partial charge in [0.05, 0.1) is 16.1 Å². The molecule has 0 saturated carbocycles. The van der Waals surface area contributed by atoms with Crippen LogP contribution >= 0.6 is 11.6 Å². The van der Waals surface area contributed by atoms with Gasteiger partial charge in [0.2, 0.25) is 0 Å². The van der Waals surface area contributed by atoms with Gasteiger partial charge in [-0.3, -0.25) is 10.1 Å². The fraction of sp³-hybridized carbons (Fsp3) is 0.0870. The summed E-state index contributed by atoms with van der Waals surface area (Å²) in [5, 5.41) is 12.0. The molecule has 0 saturated heterocycles. The van der Waals surface area contributed by atoms with Gasteiger partial charge in [-0.25, -0.2) is 9.37 Å². The van der Waals surface area contributed by atoms with E-state index in [1.165, 1.54) is 18.2 Å². The highest BCUT2D eigenvalue weighted by atomic mass is 35.5. The third kappa shape index (κ3) is 3.69. The van der Waals surface area contributed by atoms with E-state index in [9.17, 15) is 14.5 Å². The van der Waals surface area contributed by atoms with Crippen LogP contribution < -0.4 is 0 Å². The van der Waals surface area contributed by atoms with E-state index in [1.54, 1.807) is 24.3 Å². The number of benzene rings is 3. The summed E-state index contributed by atoms with van der Waals surface area (Å²) in [6, 6.07) is 20.5. The fourth-order valence-corrected chi connectivity index (χ4v) is 3.71. The third-order valence-corrected chi connectivity index (χ3v) is 4.99. The molecule has 144 valence electrons. The van der Waals surface area contributed by atoms with Gasteiger partial charge < -0.3 is 0 Å². The number of rotatable bonds is 5. The molecule has 0 radical (unpaired) electrons. The summed E-state index contributed by atoms with van der Waals surface area (Å²) in [6.07, 6.45) is 0.518. The van der Waals surface area contributed by atoms with Gasteiger partial charge in [0.15, 0.2) is 0 Å². The van der Waals surface area contributed by atoms with Crippen LogP contribution in [0, 0.1) is 15.9 Å². The van der Waals surface area contributed by atoms with Gasteiger partial charge >= 0.3 is 0 Å². The number of hydrogen-bond acceptors (Lipinski definition) is 3. The molecule has 0 bridgehead atoms. The molecular formula is C23H16ClFN2O2. The van der Waals surface area contributed by atoms with Crippen LogP contribution in [0.5, 0.6) is 0 Å². The van der Waals surface area contributed by atoms with Crippen LogP contribution in [0.15, 0.2) is 72.8 Å². The summed E-state index contributed by atoms with van der Waals surface area (Å²) in [4.78, 5) is 15.7.